The van der Waals surface area contributed by atoms with Crippen molar-refractivity contribution < 1.29 is 32.2 Å². The number of hydrogen-bond donors (Lipinski definition) is 3. The summed E-state index contributed by atoms with van der Waals surface area (Å²) in [4.78, 5) is 12.1. The molecule has 1 aromatic rings. The Labute approximate surface area is 140 Å². The summed E-state index contributed by atoms with van der Waals surface area (Å²) in [6.45, 7) is 1.22. The van der Waals surface area contributed by atoms with Gasteiger partial charge >= 0.3 is 12.1 Å². The molecule has 0 aliphatic carbocycles. The van der Waals surface area contributed by atoms with Crippen molar-refractivity contribution in [2.24, 2.45) is 5.92 Å². The number of ether oxygens (including phenoxy) is 1. The summed E-state index contributed by atoms with van der Waals surface area (Å²) in [5, 5.41) is 13.8. The van der Waals surface area contributed by atoms with Crippen molar-refractivity contribution >= 4 is 23.3 Å². The van der Waals surface area contributed by atoms with Gasteiger partial charge in [-0.3, -0.25) is 4.79 Å². The number of thiocarbonyl (C=S) groups is 1. The molecule has 1 heterocycles. The molecule has 1 fully saturated rings. The quantitative estimate of drug-likeness (QED) is 0.430. The highest BCUT2D eigenvalue weighted by Gasteiger charge is 2.66. The monoisotopic (exact) mass is 366 g/mol. The molecule has 0 unspecified atom stereocenters. The van der Waals surface area contributed by atoms with Gasteiger partial charge in [-0.15, -0.1) is 0 Å². The first kappa shape index (κ1) is 18.4. The van der Waals surface area contributed by atoms with Crippen LogP contribution in [-0.4, -0.2) is 34.7 Å². The van der Waals surface area contributed by atoms with E-state index >= 15 is 0 Å². The molecule has 1 saturated heterocycles. The normalized spacial score (nSPS) is 27.2. The number of nitrogens with one attached hydrogen (secondary N) is 2. The predicted molar refractivity (Wildman–Crippen MR) is 79.1 cm³/mol. The lowest BCUT2D eigenvalue weighted by atomic mass is 9.82. The standard InChI is InChI=1S/C14H14F4N2O3S/c1-2-23-11(21)9-10(7-4-3-5-8(15)6-7)19-12(24)20-13(9,22)14(16,17)18/h3-6,9-10,22H,2H2,1H3,(H2,19,20,24)/t9-,10-,13+/m0/s1. The van der Waals surface area contributed by atoms with E-state index in [1.165, 1.54) is 19.1 Å². The molecule has 0 bridgehead atoms. The van der Waals surface area contributed by atoms with E-state index < -0.39 is 40.8 Å². The van der Waals surface area contributed by atoms with E-state index in [1.807, 2.05) is 0 Å². The molecule has 0 spiro atoms. The van der Waals surface area contributed by atoms with Gasteiger partial charge in [0.15, 0.2) is 5.11 Å². The fourth-order valence-electron chi connectivity index (χ4n) is 2.51. The van der Waals surface area contributed by atoms with Gasteiger partial charge in [-0.05, 0) is 36.8 Å². The number of alkyl halides is 3. The van der Waals surface area contributed by atoms with Crippen molar-refractivity contribution in [2.45, 2.75) is 24.9 Å². The first-order chi connectivity index (χ1) is 11.1. The Morgan fingerprint density at radius 3 is 2.67 bits per heavy atom. The van der Waals surface area contributed by atoms with Gasteiger partial charge in [0, 0.05) is 0 Å². The number of rotatable bonds is 3. The molecule has 0 amide bonds. The Morgan fingerprint density at radius 2 is 2.12 bits per heavy atom. The SMILES string of the molecule is CCOC(=O)[C@@H]1[C@H](c2cccc(F)c2)NC(=S)N[C@]1(O)C(F)(F)F. The topological polar surface area (TPSA) is 70.6 Å². The summed E-state index contributed by atoms with van der Waals surface area (Å²) in [7, 11) is 0. The zero-order valence-electron chi connectivity index (χ0n) is 12.4. The van der Waals surface area contributed by atoms with E-state index in [4.69, 9.17) is 12.2 Å². The van der Waals surface area contributed by atoms with Gasteiger partial charge in [-0.25, -0.2) is 4.39 Å². The molecule has 24 heavy (non-hydrogen) atoms. The van der Waals surface area contributed by atoms with Gasteiger partial charge in [-0.1, -0.05) is 12.1 Å². The van der Waals surface area contributed by atoms with Crippen molar-refractivity contribution in [3.8, 4) is 0 Å². The van der Waals surface area contributed by atoms with Crippen LogP contribution in [0.1, 0.15) is 18.5 Å². The summed E-state index contributed by atoms with van der Waals surface area (Å²) in [5.41, 5.74) is -3.64. The predicted octanol–water partition coefficient (Wildman–Crippen LogP) is 1.77. The third kappa shape index (κ3) is 3.29. The van der Waals surface area contributed by atoms with E-state index in [0.717, 1.165) is 12.1 Å². The second-order valence-electron chi connectivity index (χ2n) is 5.12. The number of carbonyl (C=O) groups excluding carboxylic acids is 1. The minimum absolute atomic E-state index is 0.0135. The van der Waals surface area contributed by atoms with Crippen LogP contribution in [0.5, 0.6) is 0 Å². The van der Waals surface area contributed by atoms with Crippen LogP contribution in [0.3, 0.4) is 0 Å². The highest BCUT2D eigenvalue weighted by atomic mass is 32.1. The summed E-state index contributed by atoms with van der Waals surface area (Å²) in [6, 6.07) is 3.21. The number of hydrogen-bond acceptors (Lipinski definition) is 4. The number of esters is 1. The maximum atomic E-state index is 13.4. The zero-order chi connectivity index (χ0) is 18.1. The van der Waals surface area contributed by atoms with Gasteiger partial charge < -0.3 is 20.5 Å². The molecular formula is C14H14F4N2O3S. The summed E-state index contributed by atoms with van der Waals surface area (Å²) < 4.78 is 58.4. The first-order valence-electron chi connectivity index (χ1n) is 6.90. The number of carbonyl (C=O) groups is 1. The van der Waals surface area contributed by atoms with E-state index in [0.29, 0.717) is 0 Å². The molecule has 10 heteroatoms. The Kier molecular flexibility index (Phi) is 5.00. The van der Waals surface area contributed by atoms with Crippen molar-refractivity contribution in [3.05, 3.63) is 35.6 Å². The fraction of sp³-hybridized carbons (Fsp3) is 0.429. The Bertz CT molecular complexity index is 655. The molecule has 132 valence electrons. The van der Waals surface area contributed by atoms with Crippen molar-refractivity contribution in [1.29, 1.82) is 0 Å². The fourth-order valence-corrected chi connectivity index (χ4v) is 2.80. The molecule has 2 rings (SSSR count). The number of aliphatic hydroxyl groups is 1. The smallest absolute Gasteiger partial charge is 0.437 e. The van der Waals surface area contributed by atoms with E-state index in [9.17, 15) is 27.5 Å². The van der Waals surface area contributed by atoms with Crippen LogP contribution >= 0.6 is 12.2 Å². The van der Waals surface area contributed by atoms with Gasteiger partial charge in [-0.2, -0.15) is 13.2 Å². The van der Waals surface area contributed by atoms with Crippen LogP contribution in [0.4, 0.5) is 17.6 Å². The van der Waals surface area contributed by atoms with Crippen LogP contribution in [-0.2, 0) is 9.53 Å². The maximum absolute atomic E-state index is 13.4. The maximum Gasteiger partial charge on any atom is 0.437 e. The Morgan fingerprint density at radius 1 is 1.46 bits per heavy atom. The lowest BCUT2D eigenvalue weighted by molar-refractivity contribution is -0.292. The molecule has 1 aliphatic rings. The van der Waals surface area contributed by atoms with Crippen molar-refractivity contribution in [1.82, 2.24) is 10.6 Å². The molecule has 0 aromatic heterocycles. The van der Waals surface area contributed by atoms with Crippen LogP contribution in [0.2, 0.25) is 0 Å². The number of halogens is 4. The van der Waals surface area contributed by atoms with Crippen molar-refractivity contribution in [2.75, 3.05) is 6.61 Å². The minimum Gasteiger partial charge on any atom is -0.466 e. The van der Waals surface area contributed by atoms with Crippen LogP contribution in [0.15, 0.2) is 24.3 Å². The summed E-state index contributed by atoms with van der Waals surface area (Å²) >= 11 is 4.71. The second-order valence-corrected chi connectivity index (χ2v) is 5.53. The second kappa shape index (κ2) is 6.52. The molecule has 0 radical (unpaired) electrons. The zero-order valence-corrected chi connectivity index (χ0v) is 13.2. The van der Waals surface area contributed by atoms with Gasteiger partial charge in [0.05, 0.1) is 12.6 Å². The molecular weight excluding hydrogens is 352 g/mol. The largest absolute Gasteiger partial charge is 0.466 e. The van der Waals surface area contributed by atoms with Crippen LogP contribution in [0, 0.1) is 11.7 Å². The molecule has 1 aromatic carbocycles. The third-order valence-electron chi connectivity index (χ3n) is 3.55. The van der Waals surface area contributed by atoms with E-state index in [-0.39, 0.29) is 12.2 Å². The summed E-state index contributed by atoms with van der Waals surface area (Å²) in [6.07, 6.45) is -5.23. The minimum atomic E-state index is -5.23. The van der Waals surface area contributed by atoms with Crippen LogP contribution < -0.4 is 10.6 Å². The molecule has 0 saturated carbocycles. The first-order valence-corrected chi connectivity index (χ1v) is 7.31. The highest BCUT2D eigenvalue weighted by molar-refractivity contribution is 7.80. The number of benzene rings is 1. The van der Waals surface area contributed by atoms with Crippen LogP contribution in [0.25, 0.3) is 0 Å². The van der Waals surface area contributed by atoms with E-state index in [1.54, 1.807) is 5.32 Å². The van der Waals surface area contributed by atoms with E-state index in [2.05, 4.69) is 10.1 Å². The molecule has 3 atom stereocenters. The van der Waals surface area contributed by atoms with Gasteiger partial charge in [0.25, 0.3) is 5.72 Å². The Hall–Kier alpha value is -1.94. The lowest BCUT2D eigenvalue weighted by Gasteiger charge is -2.45. The lowest BCUT2D eigenvalue weighted by Crippen LogP contribution is -2.73. The summed E-state index contributed by atoms with van der Waals surface area (Å²) in [5.74, 6) is -4.14. The highest BCUT2D eigenvalue weighted by Crippen LogP contribution is 2.43. The molecule has 3 N–H and O–H groups in total. The van der Waals surface area contributed by atoms with Crippen molar-refractivity contribution in [3.63, 3.8) is 0 Å². The average molecular weight is 366 g/mol. The average Bonchev–Trinajstić information content (AvgIpc) is 2.45. The molecule has 1 aliphatic heterocycles. The molecule has 5 nitrogen and oxygen atoms in total. The van der Waals surface area contributed by atoms with Gasteiger partial charge in [0.1, 0.15) is 11.7 Å². The Balaban J connectivity index is 2.57. The van der Waals surface area contributed by atoms with Gasteiger partial charge in [0.2, 0.25) is 0 Å². The third-order valence-corrected chi connectivity index (χ3v) is 3.77.